The Morgan fingerprint density at radius 2 is 2.13 bits per heavy atom. The fourth-order valence-corrected chi connectivity index (χ4v) is 5.55. The van der Waals surface area contributed by atoms with Crippen LogP contribution >= 0.6 is 11.3 Å². The van der Waals surface area contributed by atoms with Gasteiger partial charge in [0.2, 0.25) is 5.91 Å². The van der Waals surface area contributed by atoms with Crippen molar-refractivity contribution >= 4 is 33.4 Å². The zero-order valence-corrected chi connectivity index (χ0v) is 18.9. The molecule has 1 aromatic heterocycles. The van der Waals surface area contributed by atoms with Crippen molar-refractivity contribution in [1.29, 1.82) is 0 Å². The molecular weight excluding hydrogens is 410 g/mol. The minimum atomic E-state index is -0.927. The largest absolute Gasteiger partial charge is 0.481 e. The number of hydrogen-bond acceptors (Lipinski definition) is 5. The Hall–Kier alpha value is -2.51. The molecular formula is C24H29N3O3S. The molecule has 0 saturated carbocycles. The van der Waals surface area contributed by atoms with E-state index >= 15 is 0 Å². The van der Waals surface area contributed by atoms with Crippen molar-refractivity contribution in [3.05, 3.63) is 52.1 Å². The second kappa shape index (κ2) is 8.93. The minimum absolute atomic E-state index is 0.144. The molecule has 0 fully saturated rings. The highest BCUT2D eigenvalue weighted by Gasteiger charge is 2.46. The molecule has 1 aromatic carbocycles. The summed E-state index contributed by atoms with van der Waals surface area (Å²) in [4.78, 5) is 31.6. The first-order valence-corrected chi connectivity index (χ1v) is 11.6. The lowest BCUT2D eigenvalue weighted by Gasteiger charge is -2.26. The van der Waals surface area contributed by atoms with Crippen LogP contribution in [-0.2, 0) is 22.6 Å². The molecule has 0 bridgehead atoms. The number of aliphatic carboxylic acids is 1. The number of amides is 1. The lowest BCUT2D eigenvalue weighted by atomic mass is 9.79. The van der Waals surface area contributed by atoms with E-state index in [-0.39, 0.29) is 12.3 Å². The van der Waals surface area contributed by atoms with Crippen molar-refractivity contribution in [1.82, 2.24) is 15.2 Å². The van der Waals surface area contributed by atoms with Crippen LogP contribution in [0.5, 0.6) is 0 Å². The van der Waals surface area contributed by atoms with Gasteiger partial charge in [-0.2, -0.15) is 0 Å². The minimum Gasteiger partial charge on any atom is -0.481 e. The van der Waals surface area contributed by atoms with E-state index in [2.05, 4.69) is 53.6 Å². The molecule has 0 aliphatic heterocycles. The highest BCUT2D eigenvalue weighted by molar-refractivity contribution is 7.18. The van der Waals surface area contributed by atoms with Gasteiger partial charge in [-0.1, -0.05) is 23.8 Å². The Morgan fingerprint density at radius 3 is 2.87 bits per heavy atom. The second-order valence-corrected chi connectivity index (χ2v) is 10.0. The summed E-state index contributed by atoms with van der Waals surface area (Å²) in [7, 11) is 4.13. The third-order valence-electron chi connectivity index (χ3n) is 6.18. The van der Waals surface area contributed by atoms with Gasteiger partial charge in [0.1, 0.15) is 5.01 Å². The van der Waals surface area contributed by atoms with E-state index in [1.807, 2.05) is 6.07 Å². The zero-order valence-electron chi connectivity index (χ0n) is 18.1. The van der Waals surface area contributed by atoms with Crippen molar-refractivity contribution in [2.45, 2.75) is 45.1 Å². The van der Waals surface area contributed by atoms with Gasteiger partial charge in [0, 0.05) is 6.54 Å². The lowest BCUT2D eigenvalue weighted by molar-refractivity contribution is -0.145. The Kier molecular flexibility index (Phi) is 6.25. The van der Waals surface area contributed by atoms with Gasteiger partial charge >= 0.3 is 5.97 Å². The van der Waals surface area contributed by atoms with E-state index in [0.717, 1.165) is 46.6 Å². The SMILES string of the molecule is CN(C)CCc1ccc2nc(CNC(=O)C3(CC(=O)O)CC4=C(CCC=C4)C3)sc2c1. The number of nitrogens with zero attached hydrogens (tertiary/aromatic N) is 2. The standard InChI is InChI=1S/C24H29N3O3S/c1-27(2)10-9-16-7-8-19-20(11-16)31-21(26-19)15-25-23(30)24(14-22(28)29)12-17-5-3-4-6-18(17)13-24/h3,5,7-8,11H,4,6,9-10,12-15H2,1-2H3,(H,25,30)(H,28,29). The number of hydrogen-bond donors (Lipinski definition) is 2. The van der Waals surface area contributed by atoms with Gasteiger partial charge in [-0.25, -0.2) is 4.98 Å². The summed E-state index contributed by atoms with van der Waals surface area (Å²) in [5, 5.41) is 13.3. The Bertz CT molecular complexity index is 1070. The summed E-state index contributed by atoms with van der Waals surface area (Å²) in [5.74, 6) is -1.10. The van der Waals surface area contributed by atoms with E-state index in [9.17, 15) is 14.7 Å². The van der Waals surface area contributed by atoms with Gasteiger partial charge in [0.05, 0.1) is 28.6 Å². The third kappa shape index (κ3) is 4.88. The molecule has 1 unspecified atom stereocenters. The first-order valence-electron chi connectivity index (χ1n) is 10.8. The van der Waals surface area contributed by atoms with E-state index in [0.29, 0.717) is 19.4 Å². The summed E-state index contributed by atoms with van der Waals surface area (Å²) >= 11 is 1.59. The van der Waals surface area contributed by atoms with Crippen LogP contribution in [0.4, 0.5) is 0 Å². The van der Waals surface area contributed by atoms with Crippen molar-refractivity contribution in [3.8, 4) is 0 Å². The molecule has 1 atom stereocenters. The summed E-state index contributed by atoms with van der Waals surface area (Å²) in [6, 6.07) is 6.32. The van der Waals surface area contributed by atoms with Crippen molar-refractivity contribution in [3.63, 3.8) is 0 Å². The van der Waals surface area contributed by atoms with Crippen molar-refractivity contribution < 1.29 is 14.7 Å². The number of benzene rings is 1. The van der Waals surface area contributed by atoms with Crippen LogP contribution in [0.2, 0.25) is 0 Å². The number of aromatic nitrogens is 1. The molecule has 2 aromatic rings. The van der Waals surface area contributed by atoms with Gasteiger partial charge in [-0.3, -0.25) is 9.59 Å². The van der Waals surface area contributed by atoms with Crippen LogP contribution in [0, 0.1) is 5.41 Å². The third-order valence-corrected chi connectivity index (χ3v) is 7.20. The number of carbonyl (C=O) groups excluding carboxylic acids is 1. The molecule has 0 saturated heterocycles. The normalized spacial score (nSPS) is 20.5. The highest BCUT2D eigenvalue weighted by atomic mass is 32.1. The number of nitrogens with one attached hydrogen (secondary N) is 1. The molecule has 1 heterocycles. The Balaban J connectivity index is 1.44. The summed E-state index contributed by atoms with van der Waals surface area (Å²) in [5.41, 5.74) is 3.71. The van der Waals surface area contributed by atoms with Crippen LogP contribution in [0.25, 0.3) is 10.2 Å². The number of carboxylic acids is 1. The highest BCUT2D eigenvalue weighted by Crippen LogP contribution is 2.48. The molecule has 7 heteroatoms. The predicted octanol–water partition coefficient (Wildman–Crippen LogP) is 3.92. The molecule has 164 valence electrons. The molecule has 4 rings (SSSR count). The van der Waals surface area contributed by atoms with Crippen LogP contribution in [0.3, 0.4) is 0 Å². The van der Waals surface area contributed by atoms with Gasteiger partial charge < -0.3 is 15.3 Å². The van der Waals surface area contributed by atoms with Crippen LogP contribution in [0.1, 0.15) is 42.7 Å². The maximum atomic E-state index is 13.2. The van der Waals surface area contributed by atoms with Crippen LogP contribution in [-0.4, -0.2) is 47.5 Å². The molecule has 0 spiro atoms. The van der Waals surface area contributed by atoms with Crippen molar-refractivity contribution in [2.75, 3.05) is 20.6 Å². The average Bonchev–Trinajstić information content (AvgIpc) is 3.30. The van der Waals surface area contributed by atoms with Gasteiger partial charge in [0.15, 0.2) is 0 Å². The number of fused-ring (bicyclic) bond motifs is 1. The zero-order chi connectivity index (χ0) is 22.0. The van der Waals surface area contributed by atoms with Crippen molar-refractivity contribution in [2.24, 2.45) is 5.41 Å². The van der Waals surface area contributed by atoms with E-state index in [1.54, 1.807) is 11.3 Å². The molecule has 2 aliphatic rings. The molecule has 2 aliphatic carbocycles. The number of thiazole rings is 1. The average molecular weight is 440 g/mol. The van der Waals surface area contributed by atoms with Gasteiger partial charge in [0.25, 0.3) is 0 Å². The number of rotatable bonds is 8. The Morgan fingerprint density at radius 1 is 1.29 bits per heavy atom. The number of carbonyl (C=O) groups is 2. The molecule has 31 heavy (non-hydrogen) atoms. The fraction of sp³-hybridized carbons (Fsp3) is 0.458. The van der Waals surface area contributed by atoms with Gasteiger partial charge in [-0.05, 0) is 69.5 Å². The maximum Gasteiger partial charge on any atom is 0.304 e. The first kappa shape index (κ1) is 21.7. The van der Waals surface area contributed by atoms with Gasteiger partial charge in [-0.15, -0.1) is 11.3 Å². The topological polar surface area (TPSA) is 82.5 Å². The maximum absolute atomic E-state index is 13.2. The van der Waals surface area contributed by atoms with E-state index in [1.165, 1.54) is 11.1 Å². The molecule has 0 radical (unpaired) electrons. The lowest BCUT2D eigenvalue weighted by Crippen LogP contribution is -2.41. The molecule has 1 amide bonds. The molecule has 6 nitrogen and oxygen atoms in total. The quantitative estimate of drug-likeness (QED) is 0.652. The summed E-state index contributed by atoms with van der Waals surface area (Å²) in [6.07, 6.45) is 7.95. The summed E-state index contributed by atoms with van der Waals surface area (Å²) in [6.45, 7) is 1.32. The second-order valence-electron chi connectivity index (χ2n) is 8.92. The monoisotopic (exact) mass is 439 g/mol. The number of likely N-dealkylation sites (N-methyl/N-ethyl adjacent to an activating group) is 1. The predicted molar refractivity (Wildman–Crippen MR) is 123 cm³/mol. The number of carboxylic acid groups (broad SMARTS) is 1. The first-order chi connectivity index (χ1) is 14.8. The smallest absolute Gasteiger partial charge is 0.304 e. The van der Waals surface area contributed by atoms with Crippen LogP contribution in [0.15, 0.2) is 41.5 Å². The molecule has 2 N–H and O–H groups in total. The fourth-order valence-electron chi connectivity index (χ4n) is 4.58. The Labute approximate surface area is 186 Å². The summed E-state index contributed by atoms with van der Waals surface area (Å²) < 4.78 is 1.11. The number of allylic oxidation sites excluding steroid dienone is 4. The van der Waals surface area contributed by atoms with E-state index in [4.69, 9.17) is 0 Å². The van der Waals surface area contributed by atoms with E-state index < -0.39 is 11.4 Å². The van der Waals surface area contributed by atoms with Crippen LogP contribution < -0.4 is 5.32 Å².